The van der Waals surface area contributed by atoms with Gasteiger partial charge in [-0.3, -0.25) is 0 Å². The number of anilines is 1. The molecule has 0 heterocycles. The van der Waals surface area contributed by atoms with Crippen LogP contribution in [0.15, 0.2) is 23.1 Å². The third kappa shape index (κ3) is 4.21. The van der Waals surface area contributed by atoms with Gasteiger partial charge in [-0.1, -0.05) is 33.8 Å². The largest absolute Gasteiger partial charge is 0.398 e. The standard InChI is InChI=1S/C15H26N2O2S/c1-10(2)13(11(3)4)9-17-20(18,19)15-7-6-12(5)8-14(15)16/h6-8,10-11,13,17H,9,16H2,1-5H3. The second kappa shape index (κ2) is 6.59. The highest BCUT2D eigenvalue weighted by Crippen LogP contribution is 2.22. The number of nitrogens with one attached hydrogen (secondary N) is 1. The first-order valence-electron chi connectivity index (χ1n) is 7.01. The van der Waals surface area contributed by atoms with Crippen LogP contribution in [0, 0.1) is 24.7 Å². The monoisotopic (exact) mass is 298 g/mol. The number of nitrogens with two attached hydrogens (primary N) is 1. The maximum absolute atomic E-state index is 12.3. The van der Waals surface area contributed by atoms with E-state index in [4.69, 9.17) is 5.73 Å². The van der Waals surface area contributed by atoms with Crippen molar-refractivity contribution in [3.8, 4) is 0 Å². The van der Waals surface area contributed by atoms with Crippen LogP contribution in [0.2, 0.25) is 0 Å². The highest BCUT2D eigenvalue weighted by molar-refractivity contribution is 7.89. The normalized spacial score (nSPS) is 12.6. The van der Waals surface area contributed by atoms with Crippen molar-refractivity contribution in [3.05, 3.63) is 23.8 Å². The molecule has 114 valence electrons. The molecule has 1 aromatic rings. The number of sulfonamides is 1. The summed E-state index contributed by atoms with van der Waals surface area (Å²) in [7, 11) is -3.54. The summed E-state index contributed by atoms with van der Waals surface area (Å²) in [6.45, 7) is 10.8. The zero-order valence-electron chi connectivity index (χ0n) is 13.0. The van der Waals surface area contributed by atoms with Crippen LogP contribution in [0.1, 0.15) is 33.3 Å². The Morgan fingerprint density at radius 3 is 2.15 bits per heavy atom. The van der Waals surface area contributed by atoms with Crippen LogP contribution >= 0.6 is 0 Å². The Balaban J connectivity index is 2.90. The molecule has 0 aromatic heterocycles. The molecule has 0 aliphatic heterocycles. The number of benzene rings is 1. The van der Waals surface area contributed by atoms with E-state index in [9.17, 15) is 8.42 Å². The lowest BCUT2D eigenvalue weighted by atomic mass is 9.86. The van der Waals surface area contributed by atoms with Crippen molar-refractivity contribution in [1.82, 2.24) is 4.72 Å². The Labute approximate surface area is 122 Å². The van der Waals surface area contributed by atoms with E-state index in [1.807, 2.05) is 6.92 Å². The van der Waals surface area contributed by atoms with E-state index in [0.29, 0.717) is 30.0 Å². The molecular weight excluding hydrogens is 272 g/mol. The maximum atomic E-state index is 12.3. The minimum absolute atomic E-state index is 0.161. The number of aryl methyl sites for hydroxylation is 1. The van der Waals surface area contributed by atoms with E-state index in [0.717, 1.165) is 5.56 Å². The minimum Gasteiger partial charge on any atom is -0.398 e. The SMILES string of the molecule is Cc1ccc(S(=O)(=O)NCC(C(C)C)C(C)C)c(N)c1. The highest BCUT2D eigenvalue weighted by atomic mass is 32.2. The summed E-state index contributed by atoms with van der Waals surface area (Å²) >= 11 is 0. The Hall–Kier alpha value is -1.07. The number of hydrogen-bond donors (Lipinski definition) is 2. The van der Waals surface area contributed by atoms with Crippen molar-refractivity contribution in [3.63, 3.8) is 0 Å². The van der Waals surface area contributed by atoms with Crippen molar-refractivity contribution in [2.45, 2.75) is 39.5 Å². The molecule has 20 heavy (non-hydrogen) atoms. The van der Waals surface area contributed by atoms with Crippen molar-refractivity contribution >= 4 is 15.7 Å². The molecule has 1 rings (SSSR count). The topological polar surface area (TPSA) is 72.2 Å². The summed E-state index contributed by atoms with van der Waals surface area (Å²) in [6, 6.07) is 5.00. The second-order valence-corrected chi connectivity index (χ2v) is 7.78. The van der Waals surface area contributed by atoms with Crippen molar-refractivity contribution in [1.29, 1.82) is 0 Å². The maximum Gasteiger partial charge on any atom is 0.242 e. The molecule has 0 amide bonds. The lowest BCUT2D eigenvalue weighted by Gasteiger charge is -2.25. The first-order valence-corrected chi connectivity index (χ1v) is 8.49. The molecule has 5 heteroatoms. The second-order valence-electron chi connectivity index (χ2n) is 6.05. The molecule has 0 fully saturated rings. The molecule has 0 bridgehead atoms. The zero-order chi connectivity index (χ0) is 15.5. The van der Waals surface area contributed by atoms with E-state index in [1.54, 1.807) is 18.2 Å². The Bertz CT molecular complexity index is 543. The summed E-state index contributed by atoms with van der Waals surface area (Å²) in [5.41, 5.74) is 7.06. The van der Waals surface area contributed by atoms with Gasteiger partial charge in [0.15, 0.2) is 0 Å². The molecule has 3 N–H and O–H groups in total. The van der Waals surface area contributed by atoms with E-state index in [-0.39, 0.29) is 4.90 Å². The van der Waals surface area contributed by atoms with Crippen LogP contribution in [0.5, 0.6) is 0 Å². The van der Waals surface area contributed by atoms with Gasteiger partial charge in [0.2, 0.25) is 10.0 Å². The summed E-state index contributed by atoms with van der Waals surface area (Å²) in [4.78, 5) is 0.161. The molecule has 0 spiro atoms. The highest BCUT2D eigenvalue weighted by Gasteiger charge is 2.22. The average Bonchev–Trinajstić information content (AvgIpc) is 2.26. The molecule has 0 aliphatic rings. The van der Waals surface area contributed by atoms with Gasteiger partial charge in [-0.05, 0) is 42.4 Å². The van der Waals surface area contributed by atoms with Crippen molar-refractivity contribution in [2.75, 3.05) is 12.3 Å². The fourth-order valence-corrected chi connectivity index (χ4v) is 3.62. The molecule has 0 aliphatic carbocycles. The van der Waals surface area contributed by atoms with Gasteiger partial charge in [-0.2, -0.15) is 0 Å². The van der Waals surface area contributed by atoms with Gasteiger partial charge in [0.25, 0.3) is 0 Å². The summed E-state index contributed by atoms with van der Waals surface area (Å²) < 4.78 is 27.3. The van der Waals surface area contributed by atoms with Gasteiger partial charge in [0.1, 0.15) is 4.90 Å². The Morgan fingerprint density at radius 1 is 1.15 bits per heavy atom. The lowest BCUT2D eigenvalue weighted by Crippen LogP contribution is -2.34. The number of rotatable bonds is 6. The molecule has 0 radical (unpaired) electrons. The molecule has 0 atom stereocenters. The van der Waals surface area contributed by atoms with Crippen molar-refractivity contribution < 1.29 is 8.42 Å². The molecule has 1 aromatic carbocycles. The van der Waals surface area contributed by atoms with Gasteiger partial charge in [0.05, 0.1) is 5.69 Å². The van der Waals surface area contributed by atoms with E-state index < -0.39 is 10.0 Å². The predicted octanol–water partition coefficient (Wildman–Crippen LogP) is 2.78. The molecule has 0 saturated heterocycles. The predicted molar refractivity (Wildman–Crippen MR) is 83.9 cm³/mol. The molecule has 0 unspecified atom stereocenters. The lowest BCUT2D eigenvalue weighted by molar-refractivity contribution is 0.289. The van der Waals surface area contributed by atoms with Gasteiger partial charge in [0, 0.05) is 6.54 Å². The third-order valence-electron chi connectivity index (χ3n) is 3.68. The van der Waals surface area contributed by atoms with E-state index in [2.05, 4.69) is 32.4 Å². The van der Waals surface area contributed by atoms with E-state index >= 15 is 0 Å². The smallest absolute Gasteiger partial charge is 0.242 e. The van der Waals surface area contributed by atoms with Crippen LogP contribution in [0.4, 0.5) is 5.69 Å². The number of nitrogen functional groups attached to an aromatic ring is 1. The molecular formula is C15H26N2O2S. The van der Waals surface area contributed by atoms with Crippen LogP contribution < -0.4 is 10.5 Å². The quantitative estimate of drug-likeness (QED) is 0.793. The first-order chi connectivity index (χ1) is 9.15. The fraction of sp³-hybridized carbons (Fsp3) is 0.600. The zero-order valence-corrected chi connectivity index (χ0v) is 13.8. The van der Waals surface area contributed by atoms with Gasteiger partial charge in [-0.15, -0.1) is 0 Å². The van der Waals surface area contributed by atoms with Gasteiger partial charge >= 0.3 is 0 Å². The van der Waals surface area contributed by atoms with E-state index in [1.165, 1.54) is 0 Å². The van der Waals surface area contributed by atoms with Gasteiger partial charge < -0.3 is 5.73 Å². The Kier molecular flexibility index (Phi) is 5.59. The van der Waals surface area contributed by atoms with Crippen LogP contribution in [0.3, 0.4) is 0 Å². The first kappa shape index (κ1) is 17.0. The van der Waals surface area contributed by atoms with Crippen LogP contribution in [0.25, 0.3) is 0 Å². The molecule has 4 nitrogen and oxygen atoms in total. The summed E-state index contributed by atoms with van der Waals surface area (Å²) in [6.07, 6.45) is 0. The average molecular weight is 298 g/mol. The van der Waals surface area contributed by atoms with Crippen LogP contribution in [-0.2, 0) is 10.0 Å². The Morgan fingerprint density at radius 2 is 1.70 bits per heavy atom. The summed E-state index contributed by atoms with van der Waals surface area (Å²) in [5.74, 6) is 1.15. The van der Waals surface area contributed by atoms with Gasteiger partial charge in [-0.25, -0.2) is 13.1 Å². The summed E-state index contributed by atoms with van der Waals surface area (Å²) in [5, 5.41) is 0. The van der Waals surface area contributed by atoms with Crippen molar-refractivity contribution in [2.24, 2.45) is 17.8 Å². The fourth-order valence-electron chi connectivity index (χ4n) is 2.44. The minimum atomic E-state index is -3.54. The van der Waals surface area contributed by atoms with Crippen LogP contribution in [-0.4, -0.2) is 15.0 Å². The third-order valence-corrected chi connectivity index (χ3v) is 5.17. The number of hydrogen-bond acceptors (Lipinski definition) is 3. The molecule has 0 saturated carbocycles.